The van der Waals surface area contributed by atoms with Crippen molar-refractivity contribution in [1.82, 2.24) is 15.1 Å². The van der Waals surface area contributed by atoms with Gasteiger partial charge in [0.15, 0.2) is 0 Å². The molecule has 8 heteroatoms. The van der Waals surface area contributed by atoms with E-state index in [1.807, 2.05) is 6.26 Å². The molecule has 1 saturated heterocycles. The summed E-state index contributed by atoms with van der Waals surface area (Å²) in [6.07, 6.45) is 6.88. The largest absolute Gasteiger partial charge is 0.493 e. The van der Waals surface area contributed by atoms with Gasteiger partial charge in [0.25, 0.3) is 0 Å². The van der Waals surface area contributed by atoms with E-state index in [4.69, 9.17) is 4.74 Å². The third-order valence-electron chi connectivity index (χ3n) is 4.28. The van der Waals surface area contributed by atoms with Crippen LogP contribution in [-0.4, -0.2) is 47.6 Å². The van der Waals surface area contributed by atoms with Crippen molar-refractivity contribution < 1.29 is 4.74 Å². The van der Waals surface area contributed by atoms with Gasteiger partial charge in [0.1, 0.15) is 5.75 Å². The van der Waals surface area contributed by atoms with Gasteiger partial charge in [-0.25, -0.2) is 0 Å². The molecule has 0 atom stereocenters. The number of nitrogens with zero attached hydrogens (tertiary/aromatic N) is 3. The molecule has 1 fully saturated rings. The fourth-order valence-electron chi connectivity index (χ4n) is 3.01. The molecular weight excluding hydrogens is 366 g/mol. The van der Waals surface area contributed by atoms with E-state index >= 15 is 0 Å². The normalized spacial score (nSPS) is 15.0. The Morgan fingerprint density at radius 2 is 1.96 bits per heavy atom. The minimum absolute atomic E-state index is 0.693. The van der Waals surface area contributed by atoms with Crippen LogP contribution in [0.2, 0.25) is 0 Å². The zero-order valence-corrected chi connectivity index (χ0v) is 16.9. The van der Waals surface area contributed by atoms with Gasteiger partial charge in [-0.15, -0.1) is 10.2 Å². The van der Waals surface area contributed by atoms with E-state index in [0.717, 1.165) is 35.5 Å². The Hall–Kier alpha value is -1.51. The van der Waals surface area contributed by atoms with Crippen LogP contribution in [-0.2, 0) is 6.54 Å². The summed E-state index contributed by atoms with van der Waals surface area (Å²) in [5, 5.41) is 13.1. The van der Waals surface area contributed by atoms with E-state index in [1.54, 1.807) is 0 Å². The van der Waals surface area contributed by atoms with Gasteiger partial charge in [0.2, 0.25) is 10.3 Å². The molecule has 0 radical (unpaired) electrons. The van der Waals surface area contributed by atoms with Crippen molar-refractivity contribution in [3.05, 3.63) is 29.8 Å². The van der Waals surface area contributed by atoms with Crippen molar-refractivity contribution in [1.29, 1.82) is 0 Å². The molecule has 1 aromatic heterocycles. The first kappa shape index (κ1) is 19.3. The average molecular weight is 394 g/mol. The minimum Gasteiger partial charge on any atom is -0.493 e. The molecule has 1 aliphatic rings. The summed E-state index contributed by atoms with van der Waals surface area (Å²) < 4.78 is 9.13. The van der Waals surface area contributed by atoms with Gasteiger partial charge in [-0.3, -0.25) is 4.90 Å². The number of piperidine rings is 1. The van der Waals surface area contributed by atoms with Crippen LogP contribution in [0.3, 0.4) is 0 Å². The fourth-order valence-corrected chi connectivity index (χ4v) is 4.16. The number of benzene rings is 1. The third-order valence-corrected chi connectivity index (χ3v) is 5.61. The highest BCUT2D eigenvalue weighted by molar-refractivity contribution is 8.00. The standard InChI is InChI=1S/C18H27N5OS2/c1-25-22-18-21-20-17(26-18)19-10-7-13-24-16-9-4-3-8-15(16)14-23-11-5-2-6-12-23/h3-4,8-9H,2,5-7,10-14H2,1H3,(H,19,20)(H,21,22). The van der Waals surface area contributed by atoms with Crippen LogP contribution in [0.1, 0.15) is 31.2 Å². The van der Waals surface area contributed by atoms with E-state index in [9.17, 15) is 0 Å². The van der Waals surface area contributed by atoms with Gasteiger partial charge in [-0.05, 0) is 38.4 Å². The smallest absolute Gasteiger partial charge is 0.217 e. The molecule has 0 spiro atoms. The Balaban J connectivity index is 1.40. The van der Waals surface area contributed by atoms with Gasteiger partial charge in [0.05, 0.1) is 6.61 Å². The van der Waals surface area contributed by atoms with Crippen molar-refractivity contribution in [3.63, 3.8) is 0 Å². The molecule has 6 nitrogen and oxygen atoms in total. The zero-order chi connectivity index (χ0) is 18.0. The minimum atomic E-state index is 0.693. The van der Waals surface area contributed by atoms with E-state index in [1.165, 1.54) is 61.2 Å². The van der Waals surface area contributed by atoms with Crippen molar-refractivity contribution in [2.45, 2.75) is 32.2 Å². The molecule has 2 N–H and O–H groups in total. The second kappa shape index (κ2) is 10.6. The summed E-state index contributed by atoms with van der Waals surface area (Å²) in [5.41, 5.74) is 1.29. The number of rotatable bonds is 10. The fraction of sp³-hybridized carbons (Fsp3) is 0.556. The van der Waals surface area contributed by atoms with Crippen LogP contribution in [0.4, 0.5) is 10.3 Å². The van der Waals surface area contributed by atoms with Crippen LogP contribution in [0, 0.1) is 0 Å². The number of hydrogen-bond acceptors (Lipinski definition) is 8. The first-order valence-corrected chi connectivity index (χ1v) is 11.2. The molecule has 0 unspecified atom stereocenters. The Kier molecular flexibility index (Phi) is 7.85. The summed E-state index contributed by atoms with van der Waals surface area (Å²) in [7, 11) is 0. The molecule has 26 heavy (non-hydrogen) atoms. The predicted octanol–water partition coefficient (Wildman–Crippen LogP) is 4.09. The van der Waals surface area contributed by atoms with Crippen molar-refractivity contribution in [2.75, 3.05) is 42.5 Å². The number of hydrogen-bond donors (Lipinski definition) is 2. The van der Waals surface area contributed by atoms with Crippen LogP contribution >= 0.6 is 23.3 Å². The topological polar surface area (TPSA) is 62.3 Å². The van der Waals surface area contributed by atoms with Crippen LogP contribution in [0.25, 0.3) is 0 Å². The summed E-state index contributed by atoms with van der Waals surface area (Å²) in [6.45, 7) is 4.91. The number of nitrogens with one attached hydrogen (secondary N) is 2. The maximum absolute atomic E-state index is 6.05. The molecule has 0 amide bonds. The van der Waals surface area contributed by atoms with E-state index < -0.39 is 0 Å². The first-order valence-electron chi connectivity index (χ1n) is 9.14. The Morgan fingerprint density at radius 3 is 2.81 bits per heavy atom. The molecule has 0 saturated carbocycles. The molecule has 2 aromatic rings. The highest BCUT2D eigenvalue weighted by Crippen LogP contribution is 2.23. The summed E-state index contributed by atoms with van der Waals surface area (Å²) in [4.78, 5) is 2.53. The zero-order valence-electron chi connectivity index (χ0n) is 15.2. The molecule has 0 aliphatic carbocycles. The summed E-state index contributed by atoms with van der Waals surface area (Å²) in [6, 6.07) is 8.42. The Bertz CT molecular complexity index is 661. The quantitative estimate of drug-likeness (QED) is 0.465. The molecule has 0 bridgehead atoms. The molecule has 142 valence electrons. The van der Waals surface area contributed by atoms with Gasteiger partial charge < -0.3 is 14.8 Å². The second-order valence-electron chi connectivity index (χ2n) is 6.29. The number of aromatic nitrogens is 2. The highest BCUT2D eigenvalue weighted by atomic mass is 32.2. The van der Waals surface area contributed by atoms with Gasteiger partial charge in [0, 0.05) is 24.9 Å². The van der Waals surface area contributed by atoms with Gasteiger partial charge >= 0.3 is 0 Å². The predicted molar refractivity (Wildman–Crippen MR) is 111 cm³/mol. The van der Waals surface area contributed by atoms with Crippen molar-refractivity contribution >= 4 is 33.5 Å². The molecular formula is C18H27N5OS2. The number of ether oxygens (including phenoxy) is 1. The first-order chi connectivity index (χ1) is 12.8. The van der Waals surface area contributed by atoms with E-state index in [-0.39, 0.29) is 0 Å². The lowest BCUT2D eigenvalue weighted by Gasteiger charge is -2.27. The molecule has 1 aliphatic heterocycles. The number of likely N-dealkylation sites (tertiary alicyclic amines) is 1. The Labute approximate surface area is 163 Å². The summed E-state index contributed by atoms with van der Waals surface area (Å²) in [5.74, 6) is 1.01. The lowest BCUT2D eigenvalue weighted by molar-refractivity contribution is 0.216. The maximum atomic E-state index is 6.05. The number of para-hydroxylation sites is 1. The van der Waals surface area contributed by atoms with Crippen LogP contribution in [0.5, 0.6) is 5.75 Å². The molecule has 2 heterocycles. The average Bonchev–Trinajstić information content (AvgIpc) is 3.11. The Morgan fingerprint density at radius 1 is 1.15 bits per heavy atom. The monoisotopic (exact) mass is 393 g/mol. The van der Waals surface area contributed by atoms with Gasteiger partial charge in [-0.1, -0.05) is 47.9 Å². The molecule has 1 aromatic carbocycles. The SMILES string of the molecule is CSNc1nnc(NCCCOc2ccccc2CN2CCCCC2)s1. The van der Waals surface area contributed by atoms with Crippen LogP contribution in [0.15, 0.2) is 24.3 Å². The molecule has 3 rings (SSSR count). The van der Waals surface area contributed by atoms with Crippen molar-refractivity contribution in [2.24, 2.45) is 0 Å². The van der Waals surface area contributed by atoms with Gasteiger partial charge in [-0.2, -0.15) is 0 Å². The van der Waals surface area contributed by atoms with E-state index in [0.29, 0.717) is 6.61 Å². The maximum Gasteiger partial charge on any atom is 0.217 e. The third kappa shape index (κ3) is 6.03. The van der Waals surface area contributed by atoms with Crippen molar-refractivity contribution in [3.8, 4) is 5.75 Å². The van der Waals surface area contributed by atoms with Crippen LogP contribution < -0.4 is 14.8 Å². The van der Waals surface area contributed by atoms with E-state index in [2.05, 4.69) is 49.4 Å². The highest BCUT2D eigenvalue weighted by Gasteiger charge is 2.12. The lowest BCUT2D eigenvalue weighted by Crippen LogP contribution is -2.29. The lowest BCUT2D eigenvalue weighted by atomic mass is 10.1. The summed E-state index contributed by atoms with van der Waals surface area (Å²) >= 11 is 3.04. The number of anilines is 2. The second-order valence-corrected chi connectivity index (χ2v) is 7.88.